The summed E-state index contributed by atoms with van der Waals surface area (Å²) in [5.74, 6) is -0.681. The Morgan fingerprint density at radius 1 is 1.19 bits per heavy atom. The van der Waals surface area contributed by atoms with Crippen LogP contribution in [0.3, 0.4) is 0 Å². The van der Waals surface area contributed by atoms with Crippen LogP contribution in [-0.4, -0.2) is 11.8 Å². The van der Waals surface area contributed by atoms with Gasteiger partial charge in [0, 0.05) is 17.8 Å². The number of amides is 2. The van der Waals surface area contributed by atoms with Crippen LogP contribution < -0.4 is 10.6 Å². The molecular formula is C17H16N2O2. The van der Waals surface area contributed by atoms with Gasteiger partial charge in [-0.15, -0.1) is 0 Å². The third-order valence-corrected chi connectivity index (χ3v) is 3.60. The molecule has 1 heterocycles. The molecule has 0 spiro atoms. The Labute approximate surface area is 123 Å². The van der Waals surface area contributed by atoms with Gasteiger partial charge in [0.1, 0.15) is 0 Å². The smallest absolute Gasteiger partial charge is 0.232 e. The minimum Gasteiger partial charge on any atom is -0.326 e. The summed E-state index contributed by atoms with van der Waals surface area (Å²) in [7, 11) is 0. The lowest BCUT2D eigenvalue weighted by molar-refractivity contribution is -0.122. The van der Waals surface area contributed by atoms with Crippen molar-refractivity contribution in [2.75, 3.05) is 10.6 Å². The summed E-state index contributed by atoms with van der Waals surface area (Å²) in [6.07, 6.45) is 0.150. The fraction of sp³-hybridized carbons (Fsp3) is 0.176. The van der Waals surface area contributed by atoms with E-state index in [9.17, 15) is 9.59 Å². The van der Waals surface area contributed by atoms with Gasteiger partial charge in [-0.2, -0.15) is 0 Å². The zero-order valence-electron chi connectivity index (χ0n) is 11.7. The fourth-order valence-electron chi connectivity index (χ4n) is 2.60. The number of hydrogen-bond donors (Lipinski definition) is 2. The van der Waals surface area contributed by atoms with Gasteiger partial charge in [0.05, 0.1) is 5.92 Å². The summed E-state index contributed by atoms with van der Waals surface area (Å²) in [6.45, 7) is 1.97. The van der Waals surface area contributed by atoms with E-state index in [0.717, 1.165) is 22.5 Å². The number of carbonyl (C=O) groups excluding carboxylic acids is 2. The Morgan fingerprint density at radius 2 is 2.00 bits per heavy atom. The second kappa shape index (κ2) is 5.40. The highest BCUT2D eigenvalue weighted by atomic mass is 16.2. The lowest BCUT2D eigenvalue weighted by atomic mass is 9.97. The predicted molar refractivity (Wildman–Crippen MR) is 82.2 cm³/mol. The molecule has 4 heteroatoms. The van der Waals surface area contributed by atoms with Gasteiger partial charge >= 0.3 is 0 Å². The van der Waals surface area contributed by atoms with Gasteiger partial charge in [-0.3, -0.25) is 9.59 Å². The molecule has 4 nitrogen and oxygen atoms in total. The molecule has 0 saturated heterocycles. The summed E-state index contributed by atoms with van der Waals surface area (Å²) in [4.78, 5) is 24.1. The number of para-hydroxylation sites is 1. The predicted octanol–water partition coefficient (Wildman–Crippen LogP) is 3.06. The molecule has 2 N–H and O–H groups in total. The van der Waals surface area contributed by atoms with Crippen LogP contribution in [0.4, 0.5) is 11.4 Å². The van der Waals surface area contributed by atoms with Crippen LogP contribution in [0.1, 0.15) is 23.5 Å². The van der Waals surface area contributed by atoms with Crippen molar-refractivity contribution in [3.63, 3.8) is 0 Å². The van der Waals surface area contributed by atoms with Crippen LogP contribution in [0.15, 0.2) is 48.5 Å². The molecule has 1 atom stereocenters. The van der Waals surface area contributed by atoms with Crippen LogP contribution >= 0.6 is 0 Å². The fourth-order valence-corrected chi connectivity index (χ4v) is 2.60. The van der Waals surface area contributed by atoms with Gasteiger partial charge in [0.2, 0.25) is 11.8 Å². The molecule has 2 aromatic rings. The molecule has 2 amide bonds. The molecule has 1 aliphatic rings. The standard InChI is InChI=1S/C17H16N2O2/c1-11-5-4-6-12(9-11)18-16(20)10-14-13-7-2-3-8-15(13)19-17(14)21/h2-9,14H,10H2,1H3,(H,18,20)(H,19,21). The van der Waals surface area contributed by atoms with Crippen molar-refractivity contribution in [3.05, 3.63) is 59.7 Å². The summed E-state index contributed by atoms with van der Waals surface area (Å²) >= 11 is 0. The van der Waals surface area contributed by atoms with Gasteiger partial charge in [-0.05, 0) is 36.2 Å². The van der Waals surface area contributed by atoms with E-state index in [4.69, 9.17) is 0 Å². The van der Waals surface area contributed by atoms with E-state index in [-0.39, 0.29) is 18.2 Å². The van der Waals surface area contributed by atoms with E-state index in [1.165, 1.54) is 0 Å². The first-order valence-electron chi connectivity index (χ1n) is 6.90. The molecule has 0 saturated carbocycles. The summed E-state index contributed by atoms with van der Waals surface area (Å²) in [6, 6.07) is 15.1. The maximum absolute atomic E-state index is 12.1. The van der Waals surface area contributed by atoms with E-state index in [2.05, 4.69) is 10.6 Å². The SMILES string of the molecule is Cc1cccc(NC(=O)CC2C(=O)Nc3ccccc32)c1. The van der Waals surface area contributed by atoms with Crippen molar-refractivity contribution in [2.24, 2.45) is 0 Å². The molecule has 3 rings (SSSR count). The Kier molecular flexibility index (Phi) is 3.44. The second-order valence-electron chi connectivity index (χ2n) is 5.25. The normalized spacial score (nSPS) is 16.2. The van der Waals surface area contributed by atoms with Crippen LogP contribution in [-0.2, 0) is 9.59 Å². The second-order valence-corrected chi connectivity index (χ2v) is 5.25. The molecule has 0 bridgehead atoms. The zero-order valence-corrected chi connectivity index (χ0v) is 11.7. The number of hydrogen-bond acceptors (Lipinski definition) is 2. The average Bonchev–Trinajstić information content (AvgIpc) is 2.75. The first-order valence-corrected chi connectivity index (χ1v) is 6.90. The molecule has 0 fully saturated rings. The van der Waals surface area contributed by atoms with Crippen molar-refractivity contribution >= 4 is 23.2 Å². The Balaban J connectivity index is 1.72. The van der Waals surface area contributed by atoms with Crippen molar-refractivity contribution in [1.29, 1.82) is 0 Å². The van der Waals surface area contributed by atoms with E-state index >= 15 is 0 Å². The van der Waals surface area contributed by atoms with Gasteiger partial charge in [-0.1, -0.05) is 30.3 Å². The number of aryl methyl sites for hydroxylation is 1. The van der Waals surface area contributed by atoms with E-state index in [1.807, 2.05) is 55.5 Å². The average molecular weight is 280 g/mol. The molecule has 0 radical (unpaired) electrons. The van der Waals surface area contributed by atoms with Gasteiger partial charge in [0.15, 0.2) is 0 Å². The number of anilines is 2. The molecule has 0 aromatic heterocycles. The third kappa shape index (κ3) is 2.79. The lowest BCUT2D eigenvalue weighted by Gasteiger charge is -2.10. The topological polar surface area (TPSA) is 58.2 Å². The van der Waals surface area contributed by atoms with Crippen LogP contribution in [0.2, 0.25) is 0 Å². The summed E-state index contributed by atoms with van der Waals surface area (Å²) in [5, 5.41) is 5.65. The first kappa shape index (κ1) is 13.4. The maximum atomic E-state index is 12.1. The molecule has 1 unspecified atom stereocenters. The van der Waals surface area contributed by atoms with Gasteiger partial charge in [0.25, 0.3) is 0 Å². The first-order chi connectivity index (χ1) is 10.1. The monoisotopic (exact) mass is 280 g/mol. The number of carbonyl (C=O) groups is 2. The highest BCUT2D eigenvalue weighted by Gasteiger charge is 2.31. The Morgan fingerprint density at radius 3 is 2.81 bits per heavy atom. The molecule has 1 aliphatic heterocycles. The van der Waals surface area contributed by atoms with Crippen molar-refractivity contribution in [3.8, 4) is 0 Å². The van der Waals surface area contributed by atoms with Gasteiger partial charge in [-0.25, -0.2) is 0 Å². The van der Waals surface area contributed by atoms with Crippen LogP contribution in [0.5, 0.6) is 0 Å². The zero-order chi connectivity index (χ0) is 14.8. The minimum atomic E-state index is -0.411. The Bertz CT molecular complexity index is 709. The maximum Gasteiger partial charge on any atom is 0.232 e. The van der Waals surface area contributed by atoms with Crippen molar-refractivity contribution in [1.82, 2.24) is 0 Å². The van der Waals surface area contributed by atoms with Crippen molar-refractivity contribution in [2.45, 2.75) is 19.3 Å². The number of nitrogens with one attached hydrogen (secondary N) is 2. The molecular weight excluding hydrogens is 264 g/mol. The summed E-state index contributed by atoms with van der Waals surface area (Å²) in [5.41, 5.74) is 3.53. The van der Waals surface area contributed by atoms with Crippen LogP contribution in [0.25, 0.3) is 0 Å². The lowest BCUT2D eigenvalue weighted by Crippen LogP contribution is -2.20. The Hall–Kier alpha value is -2.62. The molecule has 106 valence electrons. The van der Waals surface area contributed by atoms with Gasteiger partial charge < -0.3 is 10.6 Å². The van der Waals surface area contributed by atoms with E-state index in [1.54, 1.807) is 0 Å². The number of benzene rings is 2. The highest BCUT2D eigenvalue weighted by molar-refractivity contribution is 6.06. The third-order valence-electron chi connectivity index (χ3n) is 3.60. The minimum absolute atomic E-state index is 0.115. The number of fused-ring (bicyclic) bond motifs is 1. The largest absolute Gasteiger partial charge is 0.326 e. The quantitative estimate of drug-likeness (QED) is 0.907. The molecule has 0 aliphatic carbocycles. The molecule has 21 heavy (non-hydrogen) atoms. The van der Waals surface area contributed by atoms with Crippen molar-refractivity contribution < 1.29 is 9.59 Å². The van der Waals surface area contributed by atoms with E-state index < -0.39 is 5.92 Å². The summed E-state index contributed by atoms with van der Waals surface area (Å²) < 4.78 is 0. The van der Waals surface area contributed by atoms with E-state index in [0.29, 0.717) is 0 Å². The van der Waals surface area contributed by atoms with Crippen LogP contribution in [0, 0.1) is 6.92 Å². The molecule has 2 aromatic carbocycles. The number of rotatable bonds is 3. The highest BCUT2D eigenvalue weighted by Crippen LogP contribution is 2.34.